The second-order valence-electron chi connectivity index (χ2n) is 10.2. The van der Waals surface area contributed by atoms with Crippen molar-refractivity contribution in [2.75, 3.05) is 24.7 Å². The lowest BCUT2D eigenvalue weighted by atomic mass is 10.1. The topological polar surface area (TPSA) is 329 Å². The fourth-order valence-electron chi connectivity index (χ4n) is 5.35. The van der Waals surface area contributed by atoms with Crippen LogP contribution in [0.5, 0.6) is 0 Å². The number of aromatic amines is 2. The van der Waals surface area contributed by atoms with Gasteiger partial charge in [0.15, 0.2) is 28.6 Å². The van der Waals surface area contributed by atoms with Gasteiger partial charge in [0, 0.05) is 6.42 Å². The molecule has 3 aliphatic heterocycles. The summed E-state index contributed by atoms with van der Waals surface area (Å²) >= 11 is 0. The summed E-state index contributed by atoms with van der Waals surface area (Å²) in [6.45, 7) is -1.48. The van der Waals surface area contributed by atoms with Crippen LogP contribution in [-0.2, 0) is 36.7 Å². The molecule has 3 aliphatic rings. The fourth-order valence-corrected chi connectivity index (χ4v) is 7.27. The molecule has 9 N–H and O–H groups in total. The molecule has 9 atom stereocenters. The van der Waals surface area contributed by atoms with Crippen molar-refractivity contribution in [2.24, 2.45) is 0 Å². The van der Waals surface area contributed by atoms with Crippen molar-refractivity contribution >= 4 is 49.9 Å². The van der Waals surface area contributed by atoms with Gasteiger partial charge in [-0.1, -0.05) is 0 Å². The lowest BCUT2D eigenvalue weighted by Crippen LogP contribution is -2.37. The first-order valence-electron chi connectivity index (χ1n) is 13.0. The SMILES string of the molecule is Nc1nc2c(ncn2[C@@H]2O[C@@H]3COP(=O)(O)O[C@H]4C[C@H](n5cnc6c(=O)[nH]c(N)nc65)O[C@@H]4COP(=O)(O)O[C@H]3[C@H]2O)c(=O)[nH]1. The van der Waals surface area contributed by atoms with Crippen LogP contribution in [0.1, 0.15) is 18.9 Å². The van der Waals surface area contributed by atoms with Gasteiger partial charge in [0.05, 0.1) is 25.9 Å². The van der Waals surface area contributed by atoms with Gasteiger partial charge in [-0.2, -0.15) is 9.97 Å². The summed E-state index contributed by atoms with van der Waals surface area (Å²) in [5, 5.41) is 11.1. The van der Waals surface area contributed by atoms with E-state index in [2.05, 4.69) is 29.9 Å². The number of hydrogen-bond acceptors (Lipinski definition) is 17. The van der Waals surface area contributed by atoms with Crippen molar-refractivity contribution in [1.29, 1.82) is 0 Å². The number of imidazole rings is 2. The van der Waals surface area contributed by atoms with Crippen molar-refractivity contribution < 1.29 is 51.6 Å². The normalized spacial score (nSPS) is 36.0. The van der Waals surface area contributed by atoms with Crippen molar-refractivity contribution in [3.05, 3.63) is 33.4 Å². The highest BCUT2D eigenvalue weighted by Gasteiger charge is 2.52. The number of hydrogen-bond donors (Lipinski definition) is 7. The van der Waals surface area contributed by atoms with Crippen molar-refractivity contribution in [2.45, 2.75) is 49.4 Å². The molecule has 3 fully saturated rings. The number of nitrogens with one attached hydrogen (secondary N) is 2. The molecule has 0 aromatic carbocycles. The molecular weight excluding hydrogens is 650 g/mol. The van der Waals surface area contributed by atoms with Crippen LogP contribution in [0, 0.1) is 0 Å². The summed E-state index contributed by atoms with van der Waals surface area (Å²) in [4.78, 5) is 66.2. The second-order valence-corrected chi connectivity index (χ2v) is 13.0. The molecule has 23 nitrogen and oxygen atoms in total. The van der Waals surface area contributed by atoms with Crippen LogP contribution in [-0.4, -0.2) is 97.7 Å². The third kappa shape index (κ3) is 5.47. The first-order valence-corrected chi connectivity index (χ1v) is 16.0. The Hall–Kier alpha value is -3.60. The predicted octanol–water partition coefficient (Wildman–Crippen LogP) is -2.02. The number of nitrogens with two attached hydrogens (primary N) is 2. The van der Waals surface area contributed by atoms with E-state index < -0.39 is 83.0 Å². The molecule has 0 amide bonds. The molecule has 4 aromatic rings. The first kappa shape index (κ1) is 30.1. The molecule has 3 saturated heterocycles. The van der Waals surface area contributed by atoms with E-state index in [0.717, 1.165) is 10.9 Å². The Morgan fingerprint density at radius 1 is 0.822 bits per heavy atom. The average molecular weight is 674 g/mol. The minimum Gasteiger partial charge on any atom is -0.386 e. The number of nitrogens with zero attached hydrogens (tertiary/aromatic N) is 6. The highest BCUT2D eigenvalue weighted by Crippen LogP contribution is 2.53. The molecule has 0 bridgehead atoms. The fraction of sp³-hybridized carbons (Fsp3) is 0.500. The maximum absolute atomic E-state index is 13.1. The number of phosphoric acid groups is 2. The van der Waals surface area contributed by atoms with Gasteiger partial charge in [-0.3, -0.25) is 46.8 Å². The maximum atomic E-state index is 13.1. The van der Waals surface area contributed by atoms with Crippen LogP contribution in [0.4, 0.5) is 11.9 Å². The first-order chi connectivity index (χ1) is 21.3. The zero-order valence-electron chi connectivity index (χ0n) is 22.5. The Morgan fingerprint density at radius 3 is 2.02 bits per heavy atom. The third-order valence-corrected chi connectivity index (χ3v) is 9.30. The summed E-state index contributed by atoms with van der Waals surface area (Å²) in [6.07, 6.45) is -7.63. The number of nitrogen functional groups attached to an aromatic ring is 2. The molecule has 0 saturated carbocycles. The van der Waals surface area contributed by atoms with Gasteiger partial charge in [0.25, 0.3) is 11.1 Å². The zero-order valence-corrected chi connectivity index (χ0v) is 24.3. The Balaban J connectivity index is 1.16. The number of aliphatic hydroxyl groups is 1. The Kier molecular flexibility index (Phi) is 7.18. The molecule has 4 aromatic heterocycles. The highest BCUT2D eigenvalue weighted by molar-refractivity contribution is 7.47. The van der Waals surface area contributed by atoms with E-state index in [0.29, 0.717) is 0 Å². The number of aliphatic hydroxyl groups excluding tert-OH is 1. The summed E-state index contributed by atoms with van der Waals surface area (Å²) in [5.41, 5.74) is 9.75. The lowest BCUT2D eigenvalue weighted by Gasteiger charge is -2.27. The summed E-state index contributed by atoms with van der Waals surface area (Å²) in [7, 11) is -9.90. The summed E-state index contributed by atoms with van der Waals surface area (Å²) < 4.78 is 61.2. The summed E-state index contributed by atoms with van der Waals surface area (Å²) in [6, 6.07) is 0. The number of aromatic nitrogens is 8. The minimum atomic E-state index is -5.00. The molecule has 0 aliphatic carbocycles. The quantitative estimate of drug-likeness (QED) is 0.113. The number of rotatable bonds is 2. The number of anilines is 2. The van der Waals surface area contributed by atoms with E-state index in [-0.39, 0.29) is 40.6 Å². The third-order valence-electron chi connectivity index (χ3n) is 7.30. The molecule has 45 heavy (non-hydrogen) atoms. The van der Waals surface area contributed by atoms with Gasteiger partial charge in [-0.05, 0) is 0 Å². The van der Waals surface area contributed by atoms with E-state index in [9.17, 15) is 33.6 Å². The minimum absolute atomic E-state index is 0.0424. The van der Waals surface area contributed by atoms with E-state index in [1.165, 1.54) is 10.9 Å². The van der Waals surface area contributed by atoms with Gasteiger partial charge in [0.1, 0.15) is 36.7 Å². The van der Waals surface area contributed by atoms with Gasteiger partial charge in [0.2, 0.25) is 11.9 Å². The Morgan fingerprint density at radius 2 is 1.38 bits per heavy atom. The van der Waals surface area contributed by atoms with E-state index in [1.54, 1.807) is 0 Å². The van der Waals surface area contributed by atoms with E-state index >= 15 is 0 Å². The second kappa shape index (κ2) is 10.7. The van der Waals surface area contributed by atoms with Gasteiger partial charge in [-0.15, -0.1) is 0 Å². The molecule has 0 spiro atoms. The number of phosphoric ester groups is 2. The Labute approximate surface area is 248 Å². The number of fused-ring (bicyclic) bond motifs is 4. The van der Waals surface area contributed by atoms with Crippen LogP contribution in [0.2, 0.25) is 0 Å². The maximum Gasteiger partial charge on any atom is 0.472 e. The molecule has 2 unspecified atom stereocenters. The van der Waals surface area contributed by atoms with Crippen molar-refractivity contribution in [3.63, 3.8) is 0 Å². The van der Waals surface area contributed by atoms with E-state index in [4.69, 9.17) is 39.0 Å². The average Bonchev–Trinajstić information content (AvgIpc) is 3.71. The van der Waals surface area contributed by atoms with Crippen LogP contribution in [0.25, 0.3) is 22.3 Å². The van der Waals surface area contributed by atoms with Crippen molar-refractivity contribution in [1.82, 2.24) is 39.0 Å². The van der Waals surface area contributed by atoms with Crippen LogP contribution in [0.15, 0.2) is 22.2 Å². The highest BCUT2D eigenvalue weighted by atomic mass is 31.2. The molecule has 7 rings (SSSR count). The molecule has 242 valence electrons. The van der Waals surface area contributed by atoms with Crippen molar-refractivity contribution in [3.8, 4) is 0 Å². The predicted molar refractivity (Wildman–Crippen MR) is 145 cm³/mol. The monoisotopic (exact) mass is 674 g/mol. The molecule has 25 heteroatoms. The number of H-pyrrole nitrogens is 2. The van der Waals surface area contributed by atoms with Gasteiger partial charge >= 0.3 is 15.6 Å². The van der Waals surface area contributed by atoms with Crippen LogP contribution >= 0.6 is 15.6 Å². The zero-order chi connectivity index (χ0) is 31.8. The molecule has 7 heterocycles. The van der Waals surface area contributed by atoms with Gasteiger partial charge < -0.3 is 35.8 Å². The standard InChI is InChI=1S/C20H24N10O13P2/c21-19-25-14-10(16(32)27-19)23-4-29(14)9-1-6-7(40-9)2-38-45(36,37)43-13-8(3-39-44(34,35)42-6)41-18(12(13)31)30-5-24-11-15(30)26-20(22)28-17(11)33/h4-9,12-13,18,31H,1-3H2,(H,34,35)(H,36,37)(H3,21,25,27,32)(H3,22,26,28,33)/t6-,7+,8+,9+,12+,13+,18+/m0/s1. The smallest absolute Gasteiger partial charge is 0.386 e. The van der Waals surface area contributed by atoms with Crippen LogP contribution in [0.3, 0.4) is 0 Å². The Bertz CT molecular complexity index is 2010. The number of ether oxygens (including phenoxy) is 2. The molecule has 0 radical (unpaired) electrons. The van der Waals surface area contributed by atoms with E-state index in [1.807, 2.05) is 0 Å². The summed E-state index contributed by atoms with van der Waals surface area (Å²) in [5.74, 6) is -0.456. The van der Waals surface area contributed by atoms with Crippen LogP contribution < -0.4 is 22.6 Å². The van der Waals surface area contributed by atoms with Gasteiger partial charge in [-0.25, -0.2) is 19.1 Å². The lowest BCUT2D eigenvalue weighted by molar-refractivity contribution is -0.0662. The largest absolute Gasteiger partial charge is 0.472 e. The molecular formula is C20H24N10O13P2.